The molecule has 6 nitrogen and oxygen atoms in total. The fourth-order valence-electron chi connectivity index (χ4n) is 0.557. The fraction of sp³-hybridized carbons (Fsp3) is 0.750. The van der Waals surface area contributed by atoms with Gasteiger partial charge in [0.05, 0.1) is 24.8 Å². The van der Waals surface area contributed by atoms with Crippen molar-refractivity contribution in [2.45, 2.75) is 13.8 Å². The van der Waals surface area contributed by atoms with Gasteiger partial charge in [0.2, 0.25) is 0 Å². The van der Waals surface area contributed by atoms with E-state index in [0.717, 1.165) is 0 Å². The number of hydrogen-bond acceptors (Lipinski definition) is 4. The predicted octanol–water partition coefficient (Wildman–Crippen LogP) is 1.43. The first kappa shape index (κ1) is 20.5. The zero-order valence-electron chi connectivity index (χ0n) is 9.43. The molecule has 0 radical (unpaired) electrons. The Bertz CT molecular complexity index is 219. The molecule has 96 valence electrons. The van der Waals surface area contributed by atoms with Gasteiger partial charge in [0.1, 0.15) is 0 Å². The Balaban J connectivity index is -0.000000845. The van der Waals surface area contributed by atoms with Crippen molar-refractivity contribution in [2.75, 3.05) is 13.1 Å². The molecule has 0 aliphatic rings. The first-order valence-electron chi connectivity index (χ1n) is 4.46. The Hall–Kier alpha value is -0.880. The van der Waals surface area contributed by atoms with Gasteiger partial charge < -0.3 is 11.5 Å². The molecule has 0 aromatic rings. The van der Waals surface area contributed by atoms with Crippen LogP contribution in [0.5, 0.6) is 0 Å². The summed E-state index contributed by atoms with van der Waals surface area (Å²) in [4.78, 5) is 0. The van der Waals surface area contributed by atoms with Gasteiger partial charge in [-0.05, 0) is 0 Å². The highest BCUT2D eigenvalue weighted by atomic mass is 35.5. The Kier molecular flexibility index (Phi) is 13.6. The minimum Gasteiger partial charge on any atom is -0.387 e. The summed E-state index contributed by atoms with van der Waals surface area (Å²) < 4.78 is 0. The SMILES string of the molecule is CC(C/N=N/CC(C)C(=N)N)C(=N)N.Cl.Cl. The van der Waals surface area contributed by atoms with E-state index in [0.29, 0.717) is 13.1 Å². The number of amidine groups is 2. The lowest BCUT2D eigenvalue weighted by molar-refractivity contribution is 0.680. The minimum atomic E-state index is -0.0774. The molecule has 0 rings (SSSR count). The number of rotatable bonds is 6. The maximum atomic E-state index is 7.11. The molecule has 0 aliphatic heterocycles. The molecule has 2 unspecified atom stereocenters. The number of nitrogens with zero attached hydrogens (tertiary/aromatic N) is 2. The number of halogens is 2. The monoisotopic (exact) mass is 270 g/mol. The molecule has 0 saturated carbocycles. The van der Waals surface area contributed by atoms with Crippen molar-refractivity contribution in [3.8, 4) is 0 Å². The summed E-state index contributed by atoms with van der Waals surface area (Å²) >= 11 is 0. The van der Waals surface area contributed by atoms with Crippen molar-refractivity contribution < 1.29 is 0 Å². The van der Waals surface area contributed by atoms with Crippen molar-refractivity contribution in [3.63, 3.8) is 0 Å². The third kappa shape index (κ3) is 9.67. The molecular weight excluding hydrogens is 251 g/mol. The van der Waals surface area contributed by atoms with Crippen molar-refractivity contribution in [3.05, 3.63) is 0 Å². The maximum Gasteiger partial charge on any atom is 0.0953 e. The van der Waals surface area contributed by atoms with Gasteiger partial charge in [-0.15, -0.1) is 24.8 Å². The Morgan fingerprint density at radius 1 is 0.938 bits per heavy atom. The van der Waals surface area contributed by atoms with Crippen LogP contribution in [0.2, 0.25) is 0 Å². The summed E-state index contributed by atoms with van der Waals surface area (Å²) in [5, 5.41) is 22.0. The van der Waals surface area contributed by atoms with Gasteiger partial charge in [0.15, 0.2) is 0 Å². The Morgan fingerprint density at radius 3 is 1.38 bits per heavy atom. The van der Waals surface area contributed by atoms with E-state index in [1.807, 2.05) is 13.8 Å². The average Bonchev–Trinajstić information content (AvgIpc) is 2.11. The molecular formula is C8H20Cl2N6. The number of nitrogens with one attached hydrogen (secondary N) is 2. The largest absolute Gasteiger partial charge is 0.387 e. The van der Waals surface area contributed by atoms with Gasteiger partial charge in [-0.25, -0.2) is 0 Å². The van der Waals surface area contributed by atoms with Gasteiger partial charge >= 0.3 is 0 Å². The van der Waals surface area contributed by atoms with Crippen LogP contribution in [0.25, 0.3) is 0 Å². The molecule has 16 heavy (non-hydrogen) atoms. The van der Waals surface area contributed by atoms with E-state index in [1.165, 1.54) is 0 Å². The molecule has 0 fully saturated rings. The minimum absolute atomic E-state index is 0. The second-order valence-corrected chi connectivity index (χ2v) is 3.36. The lowest BCUT2D eigenvalue weighted by Gasteiger charge is -2.05. The van der Waals surface area contributed by atoms with Gasteiger partial charge in [-0.3, -0.25) is 10.8 Å². The predicted molar refractivity (Wildman–Crippen MR) is 71.2 cm³/mol. The molecule has 2 atom stereocenters. The molecule has 8 heteroatoms. The number of hydrogen-bond donors (Lipinski definition) is 4. The summed E-state index contributed by atoms with van der Waals surface area (Å²) in [6.07, 6.45) is 0. The molecule has 0 aromatic heterocycles. The van der Waals surface area contributed by atoms with Crippen LogP contribution in [0.4, 0.5) is 0 Å². The van der Waals surface area contributed by atoms with Gasteiger partial charge in [-0.1, -0.05) is 13.8 Å². The zero-order chi connectivity index (χ0) is 11.1. The van der Waals surface area contributed by atoms with Crippen molar-refractivity contribution in [1.82, 2.24) is 0 Å². The number of azo groups is 1. The fourth-order valence-corrected chi connectivity index (χ4v) is 0.557. The first-order chi connectivity index (χ1) is 6.45. The topological polar surface area (TPSA) is 124 Å². The van der Waals surface area contributed by atoms with E-state index in [2.05, 4.69) is 10.2 Å². The normalized spacial score (nSPS) is 13.4. The van der Waals surface area contributed by atoms with E-state index >= 15 is 0 Å². The third-order valence-corrected chi connectivity index (χ3v) is 1.87. The van der Waals surface area contributed by atoms with Crippen LogP contribution in [-0.4, -0.2) is 24.8 Å². The molecule has 0 bridgehead atoms. The summed E-state index contributed by atoms with van der Waals surface area (Å²) in [6, 6.07) is 0. The van der Waals surface area contributed by atoms with Crippen LogP contribution in [0.15, 0.2) is 10.2 Å². The third-order valence-electron chi connectivity index (χ3n) is 1.87. The highest BCUT2D eigenvalue weighted by Gasteiger charge is 2.05. The Labute approximate surface area is 108 Å². The van der Waals surface area contributed by atoms with E-state index < -0.39 is 0 Å². The quantitative estimate of drug-likeness (QED) is 0.331. The molecule has 0 aliphatic carbocycles. The molecule has 0 saturated heterocycles. The summed E-state index contributed by atoms with van der Waals surface area (Å²) in [5.41, 5.74) is 10.5. The molecule has 0 spiro atoms. The number of nitrogens with two attached hydrogens (primary N) is 2. The highest BCUT2D eigenvalue weighted by Crippen LogP contribution is 1.97. The van der Waals surface area contributed by atoms with Crippen LogP contribution >= 0.6 is 24.8 Å². The van der Waals surface area contributed by atoms with Gasteiger partial charge in [0.25, 0.3) is 0 Å². The second-order valence-electron chi connectivity index (χ2n) is 3.36. The van der Waals surface area contributed by atoms with Crippen molar-refractivity contribution in [1.29, 1.82) is 10.8 Å². The van der Waals surface area contributed by atoms with E-state index in [9.17, 15) is 0 Å². The van der Waals surface area contributed by atoms with E-state index in [1.54, 1.807) is 0 Å². The zero-order valence-corrected chi connectivity index (χ0v) is 11.1. The van der Waals surface area contributed by atoms with Crippen molar-refractivity contribution >= 4 is 36.5 Å². The molecule has 0 aromatic carbocycles. The lowest BCUT2D eigenvalue weighted by atomic mass is 10.1. The molecule has 0 heterocycles. The van der Waals surface area contributed by atoms with Crippen LogP contribution < -0.4 is 11.5 Å². The van der Waals surface area contributed by atoms with Gasteiger partial charge in [-0.2, -0.15) is 10.2 Å². The van der Waals surface area contributed by atoms with Gasteiger partial charge in [0, 0.05) is 11.8 Å². The first-order valence-corrected chi connectivity index (χ1v) is 4.46. The summed E-state index contributed by atoms with van der Waals surface area (Å²) in [6.45, 7) is 4.46. The standard InChI is InChI=1S/C8H18N6.2ClH/c1-5(7(9)10)3-13-14-4-6(2)8(11)12;;/h5-6H,3-4H2,1-2H3,(H3,9,10)(H3,11,12);2*1H/b14-13+;;. The van der Waals surface area contributed by atoms with Crippen LogP contribution in [0.1, 0.15) is 13.8 Å². The molecule has 0 amide bonds. The summed E-state index contributed by atoms with van der Waals surface area (Å²) in [7, 11) is 0. The van der Waals surface area contributed by atoms with Crippen LogP contribution in [-0.2, 0) is 0 Å². The molecule has 6 N–H and O–H groups in total. The van der Waals surface area contributed by atoms with Crippen LogP contribution in [0.3, 0.4) is 0 Å². The van der Waals surface area contributed by atoms with Crippen LogP contribution in [0, 0.1) is 22.7 Å². The maximum absolute atomic E-state index is 7.11. The average molecular weight is 271 g/mol. The van der Waals surface area contributed by atoms with Crippen molar-refractivity contribution in [2.24, 2.45) is 33.5 Å². The van der Waals surface area contributed by atoms with E-state index in [-0.39, 0.29) is 48.3 Å². The lowest BCUT2D eigenvalue weighted by Crippen LogP contribution is -2.23. The Morgan fingerprint density at radius 2 is 1.19 bits per heavy atom. The smallest absolute Gasteiger partial charge is 0.0953 e. The summed E-state index contributed by atoms with van der Waals surface area (Å²) in [5.74, 6) is 0.0740. The highest BCUT2D eigenvalue weighted by molar-refractivity contribution is 5.85. The van der Waals surface area contributed by atoms with E-state index in [4.69, 9.17) is 22.3 Å². The second kappa shape index (κ2) is 10.6.